The van der Waals surface area contributed by atoms with E-state index in [1.165, 1.54) is 6.21 Å². The highest BCUT2D eigenvalue weighted by atomic mass is 35.5. The second kappa shape index (κ2) is 10.6. The van der Waals surface area contributed by atoms with Crippen molar-refractivity contribution in [2.45, 2.75) is 25.4 Å². The van der Waals surface area contributed by atoms with E-state index in [0.29, 0.717) is 17.5 Å². The molecule has 0 atom stereocenters. The van der Waals surface area contributed by atoms with Gasteiger partial charge in [-0.15, -0.1) is 6.58 Å². The molecule has 2 aromatic carbocycles. The molecule has 0 aliphatic heterocycles. The molecule has 3 N–H and O–H groups in total. The van der Waals surface area contributed by atoms with Crippen molar-refractivity contribution in [2.24, 2.45) is 5.10 Å². The summed E-state index contributed by atoms with van der Waals surface area (Å²) in [4.78, 5) is 23.8. The van der Waals surface area contributed by atoms with Crippen LogP contribution in [0.2, 0.25) is 5.02 Å². The molecule has 2 aromatic rings. The van der Waals surface area contributed by atoms with Crippen LogP contribution in [0.5, 0.6) is 5.75 Å². The highest BCUT2D eigenvalue weighted by Crippen LogP contribution is 2.33. The van der Waals surface area contributed by atoms with Crippen molar-refractivity contribution in [3.05, 3.63) is 70.8 Å². The minimum atomic E-state index is -4.58. The predicted octanol–water partition coefficient (Wildman–Crippen LogP) is 4.66. The van der Waals surface area contributed by atoms with E-state index in [9.17, 15) is 27.9 Å². The van der Waals surface area contributed by atoms with Crippen molar-refractivity contribution in [1.29, 1.82) is 0 Å². The van der Waals surface area contributed by atoms with Crippen molar-refractivity contribution in [1.82, 2.24) is 5.43 Å². The van der Waals surface area contributed by atoms with Gasteiger partial charge in [-0.3, -0.25) is 9.59 Å². The maximum atomic E-state index is 12.8. The lowest BCUT2D eigenvalue weighted by Gasteiger charge is -2.11. The van der Waals surface area contributed by atoms with Crippen LogP contribution in [-0.2, 0) is 22.2 Å². The van der Waals surface area contributed by atoms with Crippen LogP contribution in [-0.4, -0.2) is 23.1 Å². The monoisotopic (exact) mass is 453 g/mol. The normalized spacial score (nSPS) is 11.4. The zero-order valence-corrected chi connectivity index (χ0v) is 16.9. The number of carbonyl (C=O) groups excluding carboxylic acids is 2. The second-order valence-corrected chi connectivity index (χ2v) is 6.79. The van der Waals surface area contributed by atoms with Gasteiger partial charge < -0.3 is 10.4 Å². The van der Waals surface area contributed by atoms with Crippen LogP contribution in [0.15, 0.2) is 54.2 Å². The molecular formula is C21H19ClF3N3O3. The van der Waals surface area contributed by atoms with Crippen LogP contribution in [0.1, 0.15) is 29.5 Å². The van der Waals surface area contributed by atoms with Gasteiger partial charge in [0.2, 0.25) is 11.8 Å². The number of hydrogen-bond donors (Lipinski definition) is 3. The first kappa shape index (κ1) is 23.9. The van der Waals surface area contributed by atoms with Crippen molar-refractivity contribution in [2.75, 3.05) is 5.32 Å². The fourth-order valence-electron chi connectivity index (χ4n) is 2.50. The maximum absolute atomic E-state index is 12.8. The van der Waals surface area contributed by atoms with Gasteiger partial charge in [0.15, 0.2) is 0 Å². The van der Waals surface area contributed by atoms with Gasteiger partial charge in [0.25, 0.3) is 0 Å². The molecule has 0 bridgehead atoms. The Morgan fingerprint density at radius 2 is 1.87 bits per heavy atom. The first-order valence-electron chi connectivity index (χ1n) is 9.02. The number of aromatic hydroxyl groups is 1. The van der Waals surface area contributed by atoms with Gasteiger partial charge in [-0.05, 0) is 36.2 Å². The number of phenolic OH excluding ortho intramolecular Hbond substituents is 1. The molecule has 0 spiro atoms. The van der Waals surface area contributed by atoms with E-state index in [1.54, 1.807) is 24.3 Å². The first-order chi connectivity index (χ1) is 14.6. The van der Waals surface area contributed by atoms with Crippen LogP contribution in [0.3, 0.4) is 0 Å². The number of amides is 2. The molecule has 2 amide bonds. The Morgan fingerprint density at radius 1 is 1.16 bits per heavy atom. The van der Waals surface area contributed by atoms with Crippen LogP contribution >= 0.6 is 11.6 Å². The molecule has 0 unspecified atom stereocenters. The molecule has 31 heavy (non-hydrogen) atoms. The Hall–Kier alpha value is -3.33. The highest BCUT2D eigenvalue weighted by Gasteiger charge is 2.31. The fourth-order valence-corrected chi connectivity index (χ4v) is 2.67. The number of rotatable bonds is 8. The number of halogens is 4. The molecule has 10 heteroatoms. The number of carbonyl (C=O) groups is 2. The Balaban J connectivity index is 1.88. The van der Waals surface area contributed by atoms with Gasteiger partial charge in [-0.1, -0.05) is 29.8 Å². The summed E-state index contributed by atoms with van der Waals surface area (Å²) in [5, 5.41) is 16.0. The summed E-state index contributed by atoms with van der Waals surface area (Å²) in [6, 6.07) is 7.59. The van der Waals surface area contributed by atoms with Crippen molar-refractivity contribution in [3.8, 4) is 5.75 Å². The number of anilines is 1. The van der Waals surface area contributed by atoms with E-state index < -0.39 is 23.6 Å². The number of phenols is 1. The summed E-state index contributed by atoms with van der Waals surface area (Å²) in [5.41, 5.74) is 2.09. The number of allylic oxidation sites excluding steroid dienone is 1. The second-order valence-electron chi connectivity index (χ2n) is 6.38. The maximum Gasteiger partial charge on any atom is 0.416 e. The standard InChI is InChI=1S/C21H19ClF3N3O3/c1-2-4-13-5-3-6-14(20(13)31)12-26-28-19(30)10-9-18(29)27-17-11-15(21(23,24)25)7-8-16(17)22/h2-3,5-8,11-12,31H,1,4,9-10H2,(H,27,29)(H,28,30)/b26-12-. The van der Waals surface area contributed by atoms with Gasteiger partial charge in [0, 0.05) is 18.4 Å². The summed E-state index contributed by atoms with van der Waals surface area (Å²) in [6.07, 6.45) is -1.79. The van der Waals surface area contributed by atoms with Crippen molar-refractivity contribution >= 4 is 35.3 Å². The largest absolute Gasteiger partial charge is 0.507 e. The third-order valence-electron chi connectivity index (χ3n) is 4.05. The van der Waals surface area contributed by atoms with E-state index in [4.69, 9.17) is 11.6 Å². The molecule has 0 fully saturated rings. The zero-order valence-electron chi connectivity index (χ0n) is 16.2. The number of nitrogens with zero attached hydrogens (tertiary/aromatic N) is 1. The van der Waals surface area contributed by atoms with Gasteiger partial charge in [-0.2, -0.15) is 18.3 Å². The average molecular weight is 454 g/mol. The summed E-state index contributed by atoms with van der Waals surface area (Å²) < 4.78 is 38.3. The minimum absolute atomic E-state index is 0.0118. The third-order valence-corrected chi connectivity index (χ3v) is 4.38. The van der Waals surface area contributed by atoms with E-state index in [0.717, 1.165) is 18.2 Å². The summed E-state index contributed by atoms with van der Waals surface area (Å²) >= 11 is 5.82. The smallest absolute Gasteiger partial charge is 0.416 e. The predicted molar refractivity (Wildman–Crippen MR) is 112 cm³/mol. The van der Waals surface area contributed by atoms with E-state index in [1.807, 2.05) is 0 Å². The molecule has 0 radical (unpaired) electrons. The van der Waals surface area contributed by atoms with Gasteiger partial charge >= 0.3 is 6.18 Å². The molecule has 0 saturated heterocycles. The van der Waals surface area contributed by atoms with Gasteiger partial charge in [0.1, 0.15) is 5.75 Å². The molecule has 6 nitrogen and oxygen atoms in total. The summed E-state index contributed by atoms with van der Waals surface area (Å²) in [6.45, 7) is 3.60. The van der Waals surface area contributed by atoms with Crippen LogP contribution in [0.25, 0.3) is 0 Å². The van der Waals surface area contributed by atoms with E-state index in [-0.39, 0.29) is 29.3 Å². The number of hydrogen-bond acceptors (Lipinski definition) is 4. The molecule has 0 aliphatic carbocycles. The lowest BCUT2D eigenvalue weighted by Crippen LogP contribution is -2.21. The lowest BCUT2D eigenvalue weighted by atomic mass is 10.1. The summed E-state index contributed by atoms with van der Waals surface area (Å²) in [7, 11) is 0. The Morgan fingerprint density at radius 3 is 2.55 bits per heavy atom. The van der Waals surface area contributed by atoms with Crippen LogP contribution < -0.4 is 10.7 Å². The molecule has 0 heterocycles. The number of alkyl halides is 3. The molecular weight excluding hydrogens is 435 g/mol. The van der Waals surface area contributed by atoms with Gasteiger partial charge in [0.05, 0.1) is 22.5 Å². The average Bonchev–Trinajstić information content (AvgIpc) is 2.70. The zero-order chi connectivity index (χ0) is 23.0. The molecule has 0 aromatic heterocycles. The topological polar surface area (TPSA) is 90.8 Å². The Kier molecular flexibility index (Phi) is 8.21. The van der Waals surface area contributed by atoms with E-state index >= 15 is 0 Å². The number of para-hydroxylation sites is 1. The summed E-state index contributed by atoms with van der Waals surface area (Å²) in [5.74, 6) is -1.27. The van der Waals surface area contributed by atoms with Crippen molar-refractivity contribution in [3.63, 3.8) is 0 Å². The van der Waals surface area contributed by atoms with E-state index in [2.05, 4.69) is 22.4 Å². The molecule has 164 valence electrons. The van der Waals surface area contributed by atoms with Gasteiger partial charge in [-0.25, -0.2) is 5.43 Å². The van der Waals surface area contributed by atoms with Crippen LogP contribution in [0.4, 0.5) is 18.9 Å². The number of hydrazone groups is 1. The highest BCUT2D eigenvalue weighted by molar-refractivity contribution is 6.33. The number of benzene rings is 2. The van der Waals surface area contributed by atoms with Crippen molar-refractivity contribution < 1.29 is 27.9 Å². The SMILES string of the molecule is C=CCc1cccc(/C=N\NC(=O)CCC(=O)Nc2cc(C(F)(F)F)ccc2Cl)c1O. The fraction of sp³-hybridized carbons (Fsp3) is 0.190. The quantitative estimate of drug-likeness (QED) is 0.308. The first-order valence-corrected chi connectivity index (χ1v) is 9.40. The lowest BCUT2D eigenvalue weighted by molar-refractivity contribution is -0.137. The molecule has 2 rings (SSSR count). The number of nitrogens with one attached hydrogen (secondary N) is 2. The minimum Gasteiger partial charge on any atom is -0.507 e. The third kappa shape index (κ3) is 7.14. The van der Waals surface area contributed by atoms with Crippen LogP contribution in [0, 0.1) is 0 Å². The molecule has 0 aliphatic rings. The Labute approximate surface area is 181 Å². The molecule has 0 saturated carbocycles. The Bertz CT molecular complexity index is 1010.